The Hall–Kier alpha value is -4.27. The lowest BCUT2D eigenvalue weighted by molar-refractivity contribution is 0.0949. The molecule has 1 aromatic carbocycles. The number of hydrazone groups is 1. The maximum atomic E-state index is 12.7. The van der Waals surface area contributed by atoms with Gasteiger partial charge < -0.3 is 15.4 Å². The molecule has 14 nitrogen and oxygen atoms in total. The first-order valence-electron chi connectivity index (χ1n) is 8.65. The predicted molar refractivity (Wildman–Crippen MR) is 107 cm³/mol. The van der Waals surface area contributed by atoms with Crippen LogP contribution < -0.4 is 11.2 Å². The molecule has 0 saturated carbocycles. The highest BCUT2D eigenvalue weighted by Crippen LogP contribution is 2.24. The van der Waals surface area contributed by atoms with E-state index in [9.17, 15) is 9.90 Å². The highest BCUT2D eigenvalue weighted by molar-refractivity contribution is 7.98. The summed E-state index contributed by atoms with van der Waals surface area (Å²) >= 11 is 1.31. The first-order chi connectivity index (χ1) is 15.0. The largest absolute Gasteiger partial charge is 0.508 e. The Morgan fingerprint density at radius 2 is 2.13 bits per heavy atom. The molecule has 0 aliphatic carbocycles. The summed E-state index contributed by atoms with van der Waals surface area (Å²) in [6.45, 7) is 0. The van der Waals surface area contributed by atoms with Gasteiger partial charge >= 0.3 is 0 Å². The number of rotatable bonds is 7. The number of nitrogens with zero attached hydrogens (tertiary/aromatic N) is 9. The van der Waals surface area contributed by atoms with E-state index >= 15 is 0 Å². The van der Waals surface area contributed by atoms with Crippen LogP contribution in [0.5, 0.6) is 5.75 Å². The summed E-state index contributed by atoms with van der Waals surface area (Å²) in [5.74, 6) is -0.120. The van der Waals surface area contributed by atoms with Crippen LogP contribution in [0.1, 0.15) is 21.7 Å². The fourth-order valence-electron chi connectivity index (χ4n) is 2.43. The number of carbonyl (C=O) groups excluding carboxylic acids is 1. The molecule has 0 aliphatic rings. The molecule has 3 aromatic heterocycles. The van der Waals surface area contributed by atoms with Gasteiger partial charge in [0.1, 0.15) is 12.1 Å². The summed E-state index contributed by atoms with van der Waals surface area (Å²) in [6, 6.07) is 6.30. The Bertz CT molecular complexity index is 1230. The second-order valence-corrected chi connectivity index (χ2v) is 7.02. The number of aromatic hydroxyl groups is 1. The summed E-state index contributed by atoms with van der Waals surface area (Å²) in [5, 5.41) is 36.8. The fourth-order valence-corrected chi connectivity index (χ4v) is 3.31. The molecular weight excluding hydrogens is 426 g/mol. The van der Waals surface area contributed by atoms with Crippen LogP contribution in [0.15, 0.2) is 45.5 Å². The molecule has 0 unspecified atom stereocenters. The average molecular weight is 441 g/mol. The Morgan fingerprint density at radius 3 is 2.81 bits per heavy atom. The van der Waals surface area contributed by atoms with Crippen LogP contribution >= 0.6 is 11.8 Å². The first-order valence-corrected chi connectivity index (χ1v) is 9.63. The number of aryl methyl sites for hydroxylation is 1. The van der Waals surface area contributed by atoms with Crippen molar-refractivity contribution in [3.8, 4) is 11.6 Å². The van der Waals surface area contributed by atoms with Gasteiger partial charge in [-0.05, 0) is 40.1 Å². The third-order valence-electron chi connectivity index (χ3n) is 3.96. The Labute approximate surface area is 178 Å². The van der Waals surface area contributed by atoms with Crippen molar-refractivity contribution in [3.05, 3.63) is 47.5 Å². The minimum atomic E-state index is -0.593. The predicted octanol–water partition coefficient (Wildman–Crippen LogP) is 0.123. The van der Waals surface area contributed by atoms with Gasteiger partial charge in [-0.3, -0.25) is 4.79 Å². The highest BCUT2D eigenvalue weighted by atomic mass is 32.2. The van der Waals surface area contributed by atoms with Gasteiger partial charge in [0, 0.05) is 12.8 Å². The van der Waals surface area contributed by atoms with Crippen molar-refractivity contribution >= 4 is 29.7 Å². The van der Waals surface area contributed by atoms with E-state index in [-0.39, 0.29) is 28.8 Å². The minimum Gasteiger partial charge on any atom is -0.508 e. The summed E-state index contributed by atoms with van der Waals surface area (Å²) in [5.41, 5.74) is 9.24. The van der Waals surface area contributed by atoms with Crippen LogP contribution in [0.2, 0.25) is 0 Å². The maximum Gasteiger partial charge on any atom is 0.293 e. The monoisotopic (exact) mass is 441 g/mol. The SMILES string of the molecule is Cn1cnnc1SCc1c(C(=O)N/N=C\c2ccc(O)cc2)nnn1-c1nonc1N. The zero-order valence-corrected chi connectivity index (χ0v) is 16.8. The van der Waals surface area contributed by atoms with Crippen molar-refractivity contribution < 1.29 is 14.5 Å². The molecule has 4 rings (SSSR count). The quantitative estimate of drug-likeness (QED) is 0.201. The molecule has 0 spiro atoms. The van der Waals surface area contributed by atoms with E-state index in [1.807, 2.05) is 0 Å². The molecule has 4 N–H and O–H groups in total. The number of hydrogen-bond acceptors (Lipinski definition) is 12. The normalized spacial score (nSPS) is 11.3. The van der Waals surface area contributed by atoms with Crippen molar-refractivity contribution in [3.63, 3.8) is 0 Å². The molecule has 15 heteroatoms. The molecule has 158 valence electrons. The van der Waals surface area contributed by atoms with Crippen molar-refractivity contribution in [1.82, 2.24) is 45.5 Å². The molecule has 0 bridgehead atoms. The molecule has 0 aliphatic heterocycles. The Morgan fingerprint density at radius 1 is 1.32 bits per heavy atom. The summed E-state index contributed by atoms with van der Waals surface area (Å²) in [6.07, 6.45) is 2.98. The summed E-state index contributed by atoms with van der Waals surface area (Å²) < 4.78 is 7.63. The molecule has 3 heterocycles. The molecule has 31 heavy (non-hydrogen) atoms. The Kier molecular flexibility index (Phi) is 5.57. The van der Waals surface area contributed by atoms with Gasteiger partial charge in [0.2, 0.25) is 11.6 Å². The molecule has 0 fully saturated rings. The standard InChI is InChI=1S/C16H15N11O3S/c1-26-8-19-22-16(26)31-7-11-12(20-25-27(11)14-13(17)23-30-24-14)15(29)21-18-6-9-2-4-10(28)5-3-9/h2-6,8,28H,7H2,1H3,(H2,17,23)(H,21,29)/b18-6-. The zero-order chi connectivity index (χ0) is 21.8. The van der Waals surface area contributed by atoms with Crippen molar-refractivity contribution in [2.24, 2.45) is 12.1 Å². The van der Waals surface area contributed by atoms with Gasteiger partial charge in [0.05, 0.1) is 11.9 Å². The molecular formula is C16H15N11O3S. The number of amides is 1. The molecule has 0 radical (unpaired) electrons. The highest BCUT2D eigenvalue weighted by Gasteiger charge is 2.24. The van der Waals surface area contributed by atoms with Gasteiger partial charge in [-0.1, -0.05) is 17.0 Å². The fraction of sp³-hybridized carbons (Fsp3) is 0.125. The number of hydrogen-bond donors (Lipinski definition) is 3. The van der Waals surface area contributed by atoms with E-state index in [0.717, 1.165) is 0 Å². The van der Waals surface area contributed by atoms with Crippen LogP contribution in [0, 0.1) is 0 Å². The number of phenols is 1. The zero-order valence-electron chi connectivity index (χ0n) is 15.9. The third kappa shape index (κ3) is 4.35. The van der Waals surface area contributed by atoms with Crippen LogP contribution in [0.25, 0.3) is 5.82 Å². The number of anilines is 1. The second kappa shape index (κ2) is 8.62. The van der Waals surface area contributed by atoms with E-state index in [4.69, 9.17) is 5.73 Å². The van der Waals surface area contributed by atoms with E-state index in [2.05, 4.69) is 46.0 Å². The van der Waals surface area contributed by atoms with E-state index in [1.54, 1.807) is 30.1 Å². The van der Waals surface area contributed by atoms with Gasteiger partial charge in [-0.25, -0.2) is 10.1 Å². The van der Waals surface area contributed by atoms with Crippen LogP contribution in [0.4, 0.5) is 5.82 Å². The Balaban J connectivity index is 1.57. The summed E-state index contributed by atoms with van der Waals surface area (Å²) in [7, 11) is 1.79. The smallest absolute Gasteiger partial charge is 0.293 e. The number of phenolic OH excluding ortho intramolecular Hbond substituents is 1. The number of carbonyl (C=O) groups is 1. The second-order valence-electron chi connectivity index (χ2n) is 6.07. The lowest BCUT2D eigenvalue weighted by Crippen LogP contribution is -2.20. The topological polar surface area (TPSA) is 188 Å². The molecule has 1 amide bonds. The lowest BCUT2D eigenvalue weighted by Gasteiger charge is -2.05. The van der Waals surface area contributed by atoms with Crippen molar-refractivity contribution in [1.29, 1.82) is 0 Å². The van der Waals surface area contributed by atoms with E-state index in [1.165, 1.54) is 34.8 Å². The number of thioether (sulfide) groups is 1. The van der Waals surface area contributed by atoms with Gasteiger partial charge in [-0.2, -0.15) is 9.78 Å². The molecule has 0 atom stereocenters. The number of aromatic nitrogens is 8. The number of nitrogen functional groups attached to an aromatic ring is 1. The molecule has 0 saturated heterocycles. The minimum absolute atomic E-state index is 0.00730. The first kappa shape index (κ1) is 20.0. The average Bonchev–Trinajstić information content (AvgIpc) is 3.47. The van der Waals surface area contributed by atoms with Gasteiger partial charge in [0.25, 0.3) is 5.91 Å². The number of benzene rings is 1. The van der Waals surface area contributed by atoms with E-state index < -0.39 is 5.91 Å². The molecule has 4 aromatic rings. The number of nitrogens with two attached hydrogens (primary N) is 1. The van der Waals surface area contributed by atoms with Crippen LogP contribution in [0.3, 0.4) is 0 Å². The third-order valence-corrected chi connectivity index (χ3v) is 5.00. The van der Waals surface area contributed by atoms with Gasteiger partial charge in [-0.15, -0.1) is 15.3 Å². The maximum absolute atomic E-state index is 12.7. The van der Waals surface area contributed by atoms with Crippen LogP contribution in [-0.4, -0.2) is 57.3 Å². The number of nitrogens with one attached hydrogen (secondary N) is 1. The van der Waals surface area contributed by atoms with E-state index in [0.29, 0.717) is 16.4 Å². The van der Waals surface area contributed by atoms with Crippen LogP contribution in [-0.2, 0) is 12.8 Å². The van der Waals surface area contributed by atoms with Gasteiger partial charge in [0.15, 0.2) is 10.9 Å². The van der Waals surface area contributed by atoms with Crippen molar-refractivity contribution in [2.75, 3.05) is 5.73 Å². The lowest BCUT2D eigenvalue weighted by atomic mass is 10.2. The summed E-state index contributed by atoms with van der Waals surface area (Å²) in [4.78, 5) is 12.7. The van der Waals surface area contributed by atoms with Crippen molar-refractivity contribution in [2.45, 2.75) is 10.9 Å².